The number of aryl methyl sites for hydroxylation is 1. The average Bonchev–Trinajstić information content (AvgIpc) is 2.33. The summed E-state index contributed by atoms with van der Waals surface area (Å²) in [5.41, 5.74) is 7.90. The fraction of sp³-hybridized carbons (Fsp3) is 0.500. The molecule has 0 heterocycles. The van der Waals surface area contributed by atoms with Gasteiger partial charge in [0.1, 0.15) is 0 Å². The minimum absolute atomic E-state index is 0.0362. The van der Waals surface area contributed by atoms with Gasteiger partial charge in [0.25, 0.3) is 0 Å². The molecule has 0 aromatic heterocycles. The molecule has 0 aliphatic rings. The van der Waals surface area contributed by atoms with Gasteiger partial charge in [0.2, 0.25) is 15.9 Å². The summed E-state index contributed by atoms with van der Waals surface area (Å²) in [6.45, 7) is 7.04. The molecule has 1 aromatic rings. The number of benzene rings is 1. The Morgan fingerprint density at radius 3 is 2.38 bits per heavy atom. The van der Waals surface area contributed by atoms with E-state index in [1.165, 1.54) is 13.1 Å². The average molecular weight is 313 g/mol. The van der Waals surface area contributed by atoms with Gasteiger partial charge in [0.15, 0.2) is 0 Å². The van der Waals surface area contributed by atoms with Gasteiger partial charge >= 0.3 is 0 Å². The van der Waals surface area contributed by atoms with Crippen molar-refractivity contribution in [3.8, 4) is 0 Å². The SMILES string of the molecule is Cc1cc(S(=O)(=O)N(C)CC(=O)NC(C)C)cc(N)c1C. The predicted octanol–water partition coefficient (Wildman–Crippen LogP) is 1.03. The molecule has 21 heavy (non-hydrogen) atoms. The number of sulfonamides is 1. The summed E-state index contributed by atoms with van der Waals surface area (Å²) in [4.78, 5) is 11.8. The molecule has 118 valence electrons. The number of nitrogens with two attached hydrogens (primary N) is 1. The summed E-state index contributed by atoms with van der Waals surface area (Å²) in [7, 11) is -2.36. The van der Waals surface area contributed by atoms with Crippen LogP contribution >= 0.6 is 0 Å². The molecular formula is C14H23N3O3S. The Balaban J connectivity index is 3.03. The Bertz CT molecular complexity index is 616. The van der Waals surface area contributed by atoms with Crippen molar-refractivity contribution in [2.75, 3.05) is 19.3 Å². The van der Waals surface area contributed by atoms with E-state index in [4.69, 9.17) is 5.73 Å². The molecule has 3 N–H and O–H groups in total. The lowest BCUT2D eigenvalue weighted by atomic mass is 10.1. The molecule has 0 saturated carbocycles. The maximum Gasteiger partial charge on any atom is 0.243 e. The first-order chi connectivity index (χ1) is 9.55. The molecule has 0 fully saturated rings. The van der Waals surface area contributed by atoms with Crippen LogP contribution in [-0.2, 0) is 14.8 Å². The minimum Gasteiger partial charge on any atom is -0.398 e. The summed E-state index contributed by atoms with van der Waals surface area (Å²) in [5, 5.41) is 2.66. The van der Waals surface area contributed by atoms with Crippen molar-refractivity contribution >= 4 is 21.6 Å². The van der Waals surface area contributed by atoms with Crippen LogP contribution in [-0.4, -0.2) is 38.3 Å². The lowest BCUT2D eigenvalue weighted by Crippen LogP contribution is -2.40. The third kappa shape index (κ3) is 4.18. The van der Waals surface area contributed by atoms with Crippen LogP contribution in [0.4, 0.5) is 5.69 Å². The first-order valence-corrected chi connectivity index (χ1v) is 8.12. The third-order valence-corrected chi connectivity index (χ3v) is 4.99. The number of rotatable bonds is 5. The van der Waals surface area contributed by atoms with Crippen LogP contribution in [0.3, 0.4) is 0 Å². The zero-order valence-corrected chi connectivity index (χ0v) is 13.9. The highest BCUT2D eigenvalue weighted by molar-refractivity contribution is 7.89. The predicted molar refractivity (Wildman–Crippen MR) is 83.4 cm³/mol. The topological polar surface area (TPSA) is 92.5 Å². The van der Waals surface area contributed by atoms with Crippen LogP contribution in [0, 0.1) is 13.8 Å². The van der Waals surface area contributed by atoms with Crippen molar-refractivity contribution in [3.05, 3.63) is 23.3 Å². The number of anilines is 1. The van der Waals surface area contributed by atoms with Gasteiger partial charge in [-0.2, -0.15) is 4.31 Å². The van der Waals surface area contributed by atoms with E-state index >= 15 is 0 Å². The molecule has 0 spiro atoms. The standard InChI is InChI=1S/C14H23N3O3S/c1-9(2)16-14(18)8-17(5)21(19,20)12-6-10(3)11(4)13(15)7-12/h6-7,9H,8,15H2,1-5H3,(H,16,18). The van der Waals surface area contributed by atoms with Gasteiger partial charge in [0, 0.05) is 18.8 Å². The fourth-order valence-corrected chi connectivity index (χ4v) is 3.08. The Morgan fingerprint density at radius 1 is 1.33 bits per heavy atom. The van der Waals surface area contributed by atoms with E-state index in [9.17, 15) is 13.2 Å². The first kappa shape index (κ1) is 17.5. The Labute approximate surface area is 126 Å². The van der Waals surface area contributed by atoms with E-state index in [1.807, 2.05) is 20.8 Å². The van der Waals surface area contributed by atoms with Crippen LogP contribution in [0.5, 0.6) is 0 Å². The molecule has 0 bridgehead atoms. The number of nitrogens with zero attached hydrogens (tertiary/aromatic N) is 1. The minimum atomic E-state index is -3.74. The molecule has 6 nitrogen and oxygen atoms in total. The Hall–Kier alpha value is -1.60. The largest absolute Gasteiger partial charge is 0.398 e. The van der Waals surface area contributed by atoms with E-state index in [2.05, 4.69) is 5.32 Å². The summed E-state index contributed by atoms with van der Waals surface area (Å²) in [6.07, 6.45) is 0. The van der Waals surface area contributed by atoms with Gasteiger partial charge in [-0.1, -0.05) is 0 Å². The summed E-state index contributed by atoms with van der Waals surface area (Å²) >= 11 is 0. The molecule has 0 radical (unpaired) electrons. The molecule has 0 aliphatic heterocycles. The highest BCUT2D eigenvalue weighted by Gasteiger charge is 2.24. The van der Waals surface area contributed by atoms with E-state index in [1.54, 1.807) is 13.0 Å². The summed E-state index contributed by atoms with van der Waals surface area (Å²) in [5.74, 6) is -0.340. The second-order valence-corrected chi connectivity index (χ2v) is 7.48. The number of carbonyl (C=O) groups excluding carboxylic acids is 1. The number of hydrogen-bond acceptors (Lipinski definition) is 4. The lowest BCUT2D eigenvalue weighted by molar-refractivity contribution is -0.121. The number of nitrogen functional groups attached to an aromatic ring is 1. The third-order valence-electron chi connectivity index (χ3n) is 3.21. The van der Waals surface area contributed by atoms with Crippen molar-refractivity contribution in [2.24, 2.45) is 0 Å². The quantitative estimate of drug-likeness (QED) is 0.794. The van der Waals surface area contributed by atoms with Crippen LogP contribution in [0.2, 0.25) is 0 Å². The number of nitrogens with one attached hydrogen (secondary N) is 1. The second kappa shape index (κ2) is 6.44. The van der Waals surface area contributed by atoms with E-state index in [0.29, 0.717) is 5.69 Å². The Morgan fingerprint density at radius 2 is 1.90 bits per heavy atom. The zero-order chi connectivity index (χ0) is 16.4. The van der Waals surface area contributed by atoms with Crippen LogP contribution < -0.4 is 11.1 Å². The van der Waals surface area contributed by atoms with Crippen LogP contribution in [0.25, 0.3) is 0 Å². The van der Waals surface area contributed by atoms with Gasteiger partial charge in [-0.3, -0.25) is 4.79 Å². The highest BCUT2D eigenvalue weighted by Crippen LogP contribution is 2.23. The van der Waals surface area contributed by atoms with Crippen molar-refractivity contribution < 1.29 is 13.2 Å². The number of carbonyl (C=O) groups is 1. The number of likely N-dealkylation sites (N-methyl/N-ethyl adjacent to an activating group) is 1. The zero-order valence-electron chi connectivity index (χ0n) is 13.1. The van der Waals surface area contributed by atoms with Gasteiger partial charge in [-0.05, 0) is 51.0 Å². The summed E-state index contributed by atoms with van der Waals surface area (Å²) in [6, 6.07) is 2.96. The molecular weight excluding hydrogens is 290 g/mol. The van der Waals surface area contributed by atoms with E-state index in [-0.39, 0.29) is 23.4 Å². The maximum atomic E-state index is 12.5. The monoisotopic (exact) mass is 313 g/mol. The fourth-order valence-electron chi connectivity index (χ4n) is 1.84. The number of hydrogen-bond donors (Lipinski definition) is 2. The Kier molecular flexibility index (Phi) is 5.36. The molecule has 0 atom stereocenters. The molecule has 0 unspecified atom stereocenters. The molecule has 1 rings (SSSR count). The van der Waals surface area contributed by atoms with Gasteiger partial charge in [-0.25, -0.2) is 8.42 Å². The van der Waals surface area contributed by atoms with Gasteiger partial charge in [0.05, 0.1) is 11.4 Å². The lowest BCUT2D eigenvalue weighted by Gasteiger charge is -2.19. The van der Waals surface area contributed by atoms with Crippen molar-refractivity contribution in [3.63, 3.8) is 0 Å². The molecule has 1 aromatic carbocycles. The molecule has 0 aliphatic carbocycles. The maximum absolute atomic E-state index is 12.5. The van der Waals surface area contributed by atoms with Crippen molar-refractivity contribution in [1.29, 1.82) is 0 Å². The molecule has 0 saturated heterocycles. The van der Waals surface area contributed by atoms with Crippen molar-refractivity contribution in [2.45, 2.75) is 38.6 Å². The van der Waals surface area contributed by atoms with E-state index in [0.717, 1.165) is 15.4 Å². The molecule has 1 amide bonds. The van der Waals surface area contributed by atoms with E-state index < -0.39 is 10.0 Å². The second-order valence-electron chi connectivity index (χ2n) is 5.44. The summed E-state index contributed by atoms with van der Waals surface area (Å²) < 4.78 is 25.9. The first-order valence-electron chi connectivity index (χ1n) is 6.68. The smallest absolute Gasteiger partial charge is 0.243 e. The number of amides is 1. The van der Waals surface area contributed by atoms with Crippen LogP contribution in [0.1, 0.15) is 25.0 Å². The van der Waals surface area contributed by atoms with Crippen molar-refractivity contribution in [1.82, 2.24) is 9.62 Å². The van der Waals surface area contributed by atoms with Gasteiger partial charge in [-0.15, -0.1) is 0 Å². The van der Waals surface area contributed by atoms with Gasteiger partial charge < -0.3 is 11.1 Å². The van der Waals surface area contributed by atoms with Crippen LogP contribution in [0.15, 0.2) is 17.0 Å². The highest BCUT2D eigenvalue weighted by atomic mass is 32.2. The normalized spacial score (nSPS) is 12.0. The molecule has 7 heteroatoms.